The first-order chi connectivity index (χ1) is 9.58. The second kappa shape index (κ2) is 4.86. The minimum Gasteiger partial charge on any atom is -0.478 e. The van der Waals surface area contributed by atoms with E-state index in [1.807, 2.05) is 0 Å². The number of fused-ring (bicyclic) bond motifs is 1. The van der Waals surface area contributed by atoms with E-state index >= 15 is 0 Å². The molecule has 2 aromatic rings. The number of imidazole rings is 1. The molecular weight excluding hydrogens is 324 g/mol. The van der Waals surface area contributed by atoms with Gasteiger partial charge in [0.25, 0.3) is 0 Å². The lowest BCUT2D eigenvalue weighted by atomic mass is 9.86. The highest BCUT2D eigenvalue weighted by molar-refractivity contribution is 9.10. The van der Waals surface area contributed by atoms with Crippen molar-refractivity contribution in [2.75, 3.05) is 0 Å². The molecule has 0 amide bonds. The Bertz CT molecular complexity index is 695. The van der Waals surface area contributed by atoms with Crippen molar-refractivity contribution >= 4 is 27.7 Å². The molecule has 20 heavy (non-hydrogen) atoms. The number of aromatic carboxylic acids is 1. The lowest BCUT2D eigenvalue weighted by Crippen LogP contribution is -2.25. The van der Waals surface area contributed by atoms with Crippen molar-refractivity contribution < 1.29 is 14.7 Å². The van der Waals surface area contributed by atoms with Crippen molar-refractivity contribution in [1.29, 1.82) is 0 Å². The van der Waals surface area contributed by atoms with Crippen LogP contribution >= 0.6 is 15.9 Å². The van der Waals surface area contributed by atoms with Gasteiger partial charge in [0, 0.05) is 22.4 Å². The van der Waals surface area contributed by atoms with Crippen LogP contribution in [0.5, 0.6) is 0 Å². The van der Waals surface area contributed by atoms with Crippen molar-refractivity contribution in [3.8, 4) is 0 Å². The molecule has 0 saturated carbocycles. The van der Waals surface area contributed by atoms with Crippen LogP contribution in [-0.2, 0) is 6.42 Å². The molecule has 1 aliphatic carbocycles. The fourth-order valence-corrected chi connectivity index (χ4v) is 3.22. The highest BCUT2D eigenvalue weighted by Crippen LogP contribution is 2.34. The van der Waals surface area contributed by atoms with E-state index in [4.69, 9.17) is 5.11 Å². The third kappa shape index (κ3) is 2.06. The molecule has 3 rings (SSSR count). The van der Waals surface area contributed by atoms with Crippen LogP contribution in [0.4, 0.5) is 0 Å². The van der Waals surface area contributed by atoms with Crippen LogP contribution in [0.15, 0.2) is 35.3 Å². The number of benzene rings is 1. The molecular formula is C14H11BrN2O3. The first kappa shape index (κ1) is 13.1. The van der Waals surface area contributed by atoms with Gasteiger partial charge in [0.05, 0.1) is 17.9 Å². The number of nitrogens with zero attached hydrogens (tertiary/aromatic N) is 2. The van der Waals surface area contributed by atoms with Crippen molar-refractivity contribution in [3.63, 3.8) is 0 Å². The predicted octanol–water partition coefficient (Wildman–Crippen LogP) is 2.71. The number of hydrogen-bond acceptors (Lipinski definition) is 3. The van der Waals surface area contributed by atoms with Gasteiger partial charge in [-0.2, -0.15) is 0 Å². The topological polar surface area (TPSA) is 72.2 Å². The Kier molecular flexibility index (Phi) is 3.17. The van der Waals surface area contributed by atoms with Crippen LogP contribution in [0.1, 0.15) is 38.7 Å². The van der Waals surface area contributed by atoms with E-state index in [0.717, 1.165) is 12.0 Å². The van der Waals surface area contributed by atoms with E-state index < -0.39 is 5.97 Å². The normalized spacial score (nSPS) is 17.9. The standard InChI is InChI=1S/C14H11BrN2O3/c15-11-6-8(14(19)20)5-10-9(11)1-2-12(13(10)18)17-4-3-16-7-17/h3-7,12H,1-2H2,(H,19,20). The zero-order chi connectivity index (χ0) is 14.3. The second-order valence-electron chi connectivity index (χ2n) is 4.72. The summed E-state index contributed by atoms with van der Waals surface area (Å²) in [5.41, 5.74) is 1.49. The van der Waals surface area contributed by atoms with E-state index in [-0.39, 0.29) is 17.4 Å². The predicted molar refractivity (Wildman–Crippen MR) is 75.0 cm³/mol. The molecule has 0 bridgehead atoms. The Morgan fingerprint density at radius 1 is 1.45 bits per heavy atom. The lowest BCUT2D eigenvalue weighted by Gasteiger charge is -2.25. The van der Waals surface area contributed by atoms with Gasteiger partial charge >= 0.3 is 5.97 Å². The molecule has 0 fully saturated rings. The van der Waals surface area contributed by atoms with Crippen LogP contribution in [0.2, 0.25) is 0 Å². The van der Waals surface area contributed by atoms with Gasteiger partial charge in [0.15, 0.2) is 5.78 Å². The Balaban J connectivity index is 2.08. The molecule has 0 spiro atoms. The van der Waals surface area contributed by atoms with Crippen molar-refractivity contribution in [1.82, 2.24) is 9.55 Å². The number of ketones is 1. The van der Waals surface area contributed by atoms with Gasteiger partial charge in [-0.3, -0.25) is 4.79 Å². The van der Waals surface area contributed by atoms with Gasteiger partial charge in [-0.15, -0.1) is 0 Å². The number of hydrogen-bond donors (Lipinski definition) is 1. The molecule has 1 atom stereocenters. The number of carboxylic acid groups (broad SMARTS) is 1. The van der Waals surface area contributed by atoms with Crippen LogP contribution in [0.3, 0.4) is 0 Å². The lowest BCUT2D eigenvalue weighted by molar-refractivity contribution is 0.0696. The van der Waals surface area contributed by atoms with Crippen LogP contribution in [0.25, 0.3) is 0 Å². The van der Waals surface area contributed by atoms with E-state index in [1.54, 1.807) is 29.4 Å². The third-order valence-electron chi connectivity index (χ3n) is 3.56. The van der Waals surface area contributed by atoms with Gasteiger partial charge in [0.1, 0.15) is 0 Å². The summed E-state index contributed by atoms with van der Waals surface area (Å²) in [5, 5.41) is 9.10. The summed E-state index contributed by atoms with van der Waals surface area (Å²) >= 11 is 3.36. The molecule has 102 valence electrons. The number of carboxylic acids is 1. The number of carbonyl (C=O) groups is 2. The monoisotopic (exact) mass is 334 g/mol. The Morgan fingerprint density at radius 3 is 2.90 bits per heavy atom. The van der Waals surface area contributed by atoms with E-state index in [9.17, 15) is 9.59 Å². The van der Waals surface area contributed by atoms with Gasteiger partial charge in [0.2, 0.25) is 0 Å². The summed E-state index contributed by atoms with van der Waals surface area (Å²) in [5.74, 6) is -1.10. The maximum absolute atomic E-state index is 12.6. The van der Waals surface area contributed by atoms with E-state index in [0.29, 0.717) is 16.5 Å². The minimum atomic E-state index is -1.04. The van der Waals surface area contributed by atoms with Gasteiger partial charge in [-0.1, -0.05) is 15.9 Å². The van der Waals surface area contributed by atoms with Gasteiger partial charge in [-0.25, -0.2) is 9.78 Å². The maximum Gasteiger partial charge on any atom is 0.335 e. The smallest absolute Gasteiger partial charge is 0.335 e. The summed E-state index contributed by atoms with van der Waals surface area (Å²) in [6, 6.07) is 2.71. The molecule has 1 N–H and O–H groups in total. The SMILES string of the molecule is O=C(O)c1cc(Br)c2c(c1)C(=O)C(n1ccnc1)CC2. The zero-order valence-electron chi connectivity index (χ0n) is 10.4. The average molecular weight is 335 g/mol. The molecule has 1 heterocycles. The van der Waals surface area contributed by atoms with E-state index in [1.165, 1.54) is 6.07 Å². The van der Waals surface area contributed by atoms with Crippen LogP contribution in [0, 0.1) is 0 Å². The number of halogens is 1. The zero-order valence-corrected chi connectivity index (χ0v) is 12.0. The Hall–Kier alpha value is -1.95. The summed E-state index contributed by atoms with van der Waals surface area (Å²) in [7, 11) is 0. The van der Waals surface area contributed by atoms with E-state index in [2.05, 4.69) is 20.9 Å². The van der Waals surface area contributed by atoms with Gasteiger partial charge < -0.3 is 9.67 Å². The third-order valence-corrected chi connectivity index (χ3v) is 4.27. The highest BCUT2D eigenvalue weighted by Gasteiger charge is 2.30. The van der Waals surface area contributed by atoms with Crippen molar-refractivity contribution in [2.24, 2.45) is 0 Å². The largest absolute Gasteiger partial charge is 0.478 e. The second-order valence-corrected chi connectivity index (χ2v) is 5.57. The first-order valence-electron chi connectivity index (χ1n) is 6.15. The molecule has 1 aromatic heterocycles. The number of rotatable bonds is 2. The summed E-state index contributed by atoms with van der Waals surface area (Å²) in [6.45, 7) is 0. The van der Waals surface area contributed by atoms with Crippen LogP contribution < -0.4 is 0 Å². The first-order valence-corrected chi connectivity index (χ1v) is 6.94. The van der Waals surface area contributed by atoms with Gasteiger partial charge in [-0.05, 0) is 30.5 Å². The minimum absolute atomic E-state index is 0.0620. The van der Waals surface area contributed by atoms with Crippen LogP contribution in [-0.4, -0.2) is 26.4 Å². The molecule has 6 heteroatoms. The molecule has 0 radical (unpaired) electrons. The fraction of sp³-hybridized carbons (Fsp3) is 0.214. The highest BCUT2D eigenvalue weighted by atomic mass is 79.9. The quantitative estimate of drug-likeness (QED) is 0.916. The average Bonchev–Trinajstić information content (AvgIpc) is 2.93. The molecule has 1 unspecified atom stereocenters. The summed E-state index contributed by atoms with van der Waals surface area (Å²) in [4.78, 5) is 27.6. The molecule has 1 aromatic carbocycles. The number of carbonyl (C=O) groups excluding carboxylic acids is 1. The molecule has 1 aliphatic rings. The molecule has 0 aliphatic heterocycles. The summed E-state index contributed by atoms with van der Waals surface area (Å²) < 4.78 is 2.46. The van der Waals surface area contributed by atoms with Crippen molar-refractivity contribution in [2.45, 2.75) is 18.9 Å². The number of Topliss-reactive ketones (excluding diaryl/α,β-unsaturated/α-hetero) is 1. The fourth-order valence-electron chi connectivity index (χ4n) is 2.56. The Morgan fingerprint density at radius 2 is 2.25 bits per heavy atom. The molecule has 0 saturated heterocycles. The number of aromatic nitrogens is 2. The summed E-state index contributed by atoms with van der Waals surface area (Å²) in [6.07, 6.45) is 6.41. The molecule has 5 nitrogen and oxygen atoms in total. The van der Waals surface area contributed by atoms with Crippen molar-refractivity contribution in [3.05, 3.63) is 52.0 Å². The maximum atomic E-state index is 12.6. The Labute approximate surface area is 123 Å².